The molecule has 4 nitrogen and oxygen atoms in total. The van der Waals surface area contributed by atoms with Crippen LogP contribution in [-0.2, 0) is 9.84 Å². The molecule has 0 bridgehead atoms. The van der Waals surface area contributed by atoms with E-state index in [9.17, 15) is 12.8 Å². The molecule has 0 saturated heterocycles. The van der Waals surface area contributed by atoms with Crippen LogP contribution in [0, 0.1) is 5.82 Å². The van der Waals surface area contributed by atoms with Gasteiger partial charge in [0.05, 0.1) is 16.1 Å². The topological polar surface area (TPSA) is 50.6 Å². The van der Waals surface area contributed by atoms with E-state index < -0.39 is 15.7 Å². The highest BCUT2D eigenvalue weighted by Gasteiger charge is 2.25. The normalized spacial score (nSPS) is 11.7. The summed E-state index contributed by atoms with van der Waals surface area (Å²) in [7, 11) is -2.16. The highest BCUT2D eigenvalue weighted by Crippen LogP contribution is 2.33. The third-order valence-corrected chi connectivity index (χ3v) is 5.12. The fourth-order valence-electron chi connectivity index (χ4n) is 2.31. The molecule has 2 aromatic heterocycles. The first kappa shape index (κ1) is 13.6. The van der Waals surface area contributed by atoms with E-state index in [0.29, 0.717) is 11.2 Å². The maximum atomic E-state index is 13.4. The Bertz CT molecular complexity index is 916. The van der Waals surface area contributed by atoms with Gasteiger partial charge in [0.2, 0.25) is 9.84 Å². The number of fused-ring (bicyclic) bond motifs is 1. The van der Waals surface area contributed by atoms with E-state index in [2.05, 4.69) is 5.32 Å². The zero-order chi connectivity index (χ0) is 15.0. The van der Waals surface area contributed by atoms with Crippen LogP contribution >= 0.6 is 0 Å². The molecule has 21 heavy (non-hydrogen) atoms. The molecule has 1 aromatic carbocycles. The molecule has 108 valence electrons. The van der Waals surface area contributed by atoms with Crippen LogP contribution in [0.15, 0.2) is 64.6 Å². The van der Waals surface area contributed by atoms with E-state index in [1.54, 1.807) is 36.0 Å². The highest BCUT2D eigenvalue weighted by atomic mass is 32.2. The second-order valence-corrected chi connectivity index (χ2v) is 6.46. The molecule has 0 atom stereocenters. The molecule has 0 aliphatic heterocycles. The van der Waals surface area contributed by atoms with Gasteiger partial charge < -0.3 is 9.72 Å². The summed E-state index contributed by atoms with van der Waals surface area (Å²) in [5.74, 6) is -0.578. The van der Waals surface area contributed by atoms with Crippen molar-refractivity contribution in [2.24, 2.45) is 0 Å². The summed E-state index contributed by atoms with van der Waals surface area (Å²) in [5.41, 5.74) is 1.02. The predicted molar refractivity (Wildman–Crippen MR) is 78.8 cm³/mol. The third kappa shape index (κ3) is 2.17. The maximum Gasteiger partial charge on any atom is 0.210 e. The second kappa shape index (κ2) is 4.89. The lowest BCUT2D eigenvalue weighted by Crippen LogP contribution is -2.04. The Morgan fingerprint density at radius 2 is 1.95 bits per heavy atom. The number of halogens is 1. The van der Waals surface area contributed by atoms with Crippen molar-refractivity contribution in [2.75, 3.05) is 12.4 Å². The van der Waals surface area contributed by atoms with Crippen molar-refractivity contribution in [1.29, 1.82) is 0 Å². The van der Waals surface area contributed by atoms with Crippen molar-refractivity contribution in [3.05, 3.63) is 60.7 Å². The number of rotatable bonds is 3. The SMILES string of the molecule is CNc1cn2ccccc2c1S(=O)(=O)c1cccc(F)c1. The third-order valence-electron chi connectivity index (χ3n) is 3.28. The summed E-state index contributed by atoms with van der Waals surface area (Å²) in [6.07, 6.45) is 3.46. The fourth-order valence-corrected chi connectivity index (χ4v) is 3.96. The number of benzene rings is 1. The Morgan fingerprint density at radius 3 is 2.67 bits per heavy atom. The minimum atomic E-state index is -3.81. The summed E-state index contributed by atoms with van der Waals surface area (Å²) >= 11 is 0. The van der Waals surface area contributed by atoms with Gasteiger partial charge in [-0.25, -0.2) is 12.8 Å². The minimum Gasteiger partial charge on any atom is -0.386 e. The van der Waals surface area contributed by atoms with E-state index >= 15 is 0 Å². The summed E-state index contributed by atoms with van der Waals surface area (Å²) in [4.78, 5) is 0.0900. The van der Waals surface area contributed by atoms with E-state index in [-0.39, 0.29) is 9.79 Å². The lowest BCUT2D eigenvalue weighted by atomic mass is 10.3. The van der Waals surface area contributed by atoms with Crippen molar-refractivity contribution < 1.29 is 12.8 Å². The van der Waals surface area contributed by atoms with Crippen molar-refractivity contribution in [3.63, 3.8) is 0 Å². The van der Waals surface area contributed by atoms with Crippen LogP contribution in [0.5, 0.6) is 0 Å². The first-order valence-corrected chi connectivity index (χ1v) is 7.80. The van der Waals surface area contributed by atoms with E-state index in [1.807, 2.05) is 6.07 Å². The number of nitrogens with one attached hydrogen (secondary N) is 1. The van der Waals surface area contributed by atoms with Crippen molar-refractivity contribution in [3.8, 4) is 0 Å². The molecule has 1 N–H and O–H groups in total. The first-order chi connectivity index (χ1) is 10.0. The number of pyridine rings is 1. The van der Waals surface area contributed by atoms with Gasteiger partial charge in [0.15, 0.2) is 0 Å². The molecule has 3 rings (SSSR count). The lowest BCUT2D eigenvalue weighted by Gasteiger charge is -2.07. The van der Waals surface area contributed by atoms with Crippen LogP contribution in [0.25, 0.3) is 5.52 Å². The van der Waals surface area contributed by atoms with Gasteiger partial charge in [-0.3, -0.25) is 0 Å². The zero-order valence-corrected chi connectivity index (χ0v) is 12.1. The van der Waals surface area contributed by atoms with Crippen LogP contribution in [0.2, 0.25) is 0 Å². The molecule has 0 unspecified atom stereocenters. The number of anilines is 1. The van der Waals surface area contributed by atoms with E-state index in [1.165, 1.54) is 18.2 Å². The summed E-state index contributed by atoms with van der Waals surface area (Å²) in [6, 6.07) is 10.3. The Labute approximate surface area is 121 Å². The molecular formula is C15H13FN2O2S. The Morgan fingerprint density at radius 1 is 1.14 bits per heavy atom. The van der Waals surface area contributed by atoms with Gasteiger partial charge in [0.1, 0.15) is 10.7 Å². The molecule has 0 radical (unpaired) electrons. The quantitative estimate of drug-likeness (QED) is 0.809. The van der Waals surface area contributed by atoms with Gasteiger partial charge >= 0.3 is 0 Å². The Kier molecular flexibility index (Phi) is 3.17. The number of aromatic nitrogens is 1. The molecule has 3 aromatic rings. The Hall–Kier alpha value is -2.34. The standard InChI is InChI=1S/C15H13FN2O2S/c1-17-13-10-18-8-3-2-7-14(18)15(13)21(19,20)12-6-4-5-11(16)9-12/h2-10,17H,1H3. The number of hydrogen-bond donors (Lipinski definition) is 1. The van der Waals surface area contributed by atoms with Gasteiger partial charge in [0, 0.05) is 19.4 Å². The summed E-state index contributed by atoms with van der Waals surface area (Å²) in [6.45, 7) is 0. The van der Waals surface area contributed by atoms with E-state index in [0.717, 1.165) is 6.07 Å². The largest absolute Gasteiger partial charge is 0.386 e. The highest BCUT2D eigenvalue weighted by molar-refractivity contribution is 7.91. The smallest absolute Gasteiger partial charge is 0.210 e. The van der Waals surface area contributed by atoms with Gasteiger partial charge in [-0.15, -0.1) is 0 Å². The second-order valence-electron chi connectivity index (χ2n) is 4.58. The molecule has 0 fully saturated rings. The average molecular weight is 304 g/mol. The zero-order valence-electron chi connectivity index (χ0n) is 11.2. The molecule has 2 heterocycles. The summed E-state index contributed by atoms with van der Waals surface area (Å²) < 4.78 is 40.7. The van der Waals surface area contributed by atoms with E-state index in [4.69, 9.17) is 0 Å². The molecule has 0 spiro atoms. The summed E-state index contributed by atoms with van der Waals surface area (Å²) in [5, 5.41) is 2.88. The number of nitrogens with zero attached hydrogens (tertiary/aromatic N) is 1. The van der Waals surface area contributed by atoms with Crippen LogP contribution < -0.4 is 5.32 Å². The van der Waals surface area contributed by atoms with Gasteiger partial charge in [-0.1, -0.05) is 12.1 Å². The minimum absolute atomic E-state index is 0.0593. The molecule has 6 heteroatoms. The first-order valence-electron chi connectivity index (χ1n) is 6.32. The van der Waals surface area contributed by atoms with Crippen molar-refractivity contribution in [1.82, 2.24) is 4.40 Å². The van der Waals surface area contributed by atoms with Gasteiger partial charge in [0.25, 0.3) is 0 Å². The molecular weight excluding hydrogens is 291 g/mol. The predicted octanol–water partition coefficient (Wildman–Crippen LogP) is 2.95. The van der Waals surface area contributed by atoms with Crippen molar-refractivity contribution >= 4 is 21.0 Å². The molecule has 0 aliphatic rings. The van der Waals surface area contributed by atoms with Gasteiger partial charge in [-0.2, -0.15) is 0 Å². The maximum absolute atomic E-state index is 13.4. The number of hydrogen-bond acceptors (Lipinski definition) is 3. The monoisotopic (exact) mass is 304 g/mol. The van der Waals surface area contributed by atoms with Crippen LogP contribution in [-0.4, -0.2) is 19.9 Å². The van der Waals surface area contributed by atoms with Crippen LogP contribution in [0.4, 0.5) is 10.1 Å². The Balaban J connectivity index is 2.33. The molecule has 0 saturated carbocycles. The average Bonchev–Trinajstić information content (AvgIpc) is 2.86. The van der Waals surface area contributed by atoms with Gasteiger partial charge in [-0.05, 0) is 30.3 Å². The van der Waals surface area contributed by atoms with Crippen LogP contribution in [0.1, 0.15) is 0 Å². The molecule has 0 aliphatic carbocycles. The lowest BCUT2D eigenvalue weighted by molar-refractivity contribution is 0.592. The van der Waals surface area contributed by atoms with Crippen molar-refractivity contribution in [2.45, 2.75) is 9.79 Å². The fraction of sp³-hybridized carbons (Fsp3) is 0.0667. The molecule has 0 amide bonds. The number of sulfone groups is 1. The van der Waals surface area contributed by atoms with Crippen LogP contribution in [0.3, 0.4) is 0 Å².